The van der Waals surface area contributed by atoms with Gasteiger partial charge in [0.05, 0.1) is 19.8 Å². The Hall–Kier alpha value is -0.340. The maximum absolute atomic E-state index is 5.58. The van der Waals surface area contributed by atoms with E-state index in [-0.39, 0.29) is 29.5 Å². The molecule has 0 aromatic heterocycles. The first-order valence-corrected chi connectivity index (χ1v) is 9.85. The van der Waals surface area contributed by atoms with Crippen molar-refractivity contribution in [1.29, 1.82) is 0 Å². The number of halogens is 1. The van der Waals surface area contributed by atoms with E-state index in [1.807, 2.05) is 0 Å². The van der Waals surface area contributed by atoms with Gasteiger partial charge in [-0.1, -0.05) is 31.4 Å². The SMILES string of the molecule is CCNC(=NCC1(N2CCOCC2)CCCCC1)NC1CC=CC1.I. The fourth-order valence-electron chi connectivity index (χ4n) is 4.30. The molecule has 6 heteroatoms. The van der Waals surface area contributed by atoms with Crippen LogP contribution in [0.25, 0.3) is 0 Å². The highest BCUT2D eigenvalue weighted by atomic mass is 127. The number of hydrogen-bond donors (Lipinski definition) is 2. The minimum Gasteiger partial charge on any atom is -0.379 e. The molecule has 0 spiro atoms. The predicted octanol–water partition coefficient (Wildman–Crippen LogP) is 2.91. The molecule has 1 saturated heterocycles. The van der Waals surface area contributed by atoms with Crippen molar-refractivity contribution >= 4 is 29.9 Å². The lowest BCUT2D eigenvalue weighted by molar-refractivity contribution is -0.0333. The number of rotatable bonds is 5. The van der Waals surface area contributed by atoms with Gasteiger partial charge in [0.2, 0.25) is 0 Å². The van der Waals surface area contributed by atoms with E-state index in [2.05, 4.69) is 34.6 Å². The van der Waals surface area contributed by atoms with Gasteiger partial charge in [-0.3, -0.25) is 9.89 Å². The summed E-state index contributed by atoms with van der Waals surface area (Å²) in [6.45, 7) is 7.83. The molecule has 5 nitrogen and oxygen atoms in total. The van der Waals surface area contributed by atoms with E-state index in [0.29, 0.717) is 6.04 Å². The van der Waals surface area contributed by atoms with Crippen LogP contribution in [0.4, 0.5) is 0 Å². The van der Waals surface area contributed by atoms with Crippen LogP contribution in [0.2, 0.25) is 0 Å². The molecule has 25 heavy (non-hydrogen) atoms. The number of morpholine rings is 1. The Morgan fingerprint density at radius 3 is 2.48 bits per heavy atom. The van der Waals surface area contributed by atoms with Gasteiger partial charge in [0, 0.05) is 31.2 Å². The van der Waals surface area contributed by atoms with Gasteiger partial charge in [-0.05, 0) is 32.6 Å². The molecule has 1 aliphatic heterocycles. The molecule has 144 valence electrons. The number of ether oxygens (including phenoxy) is 1. The van der Waals surface area contributed by atoms with Crippen molar-refractivity contribution in [3.63, 3.8) is 0 Å². The molecule has 0 bridgehead atoms. The normalized spacial score (nSPS) is 24.8. The van der Waals surface area contributed by atoms with E-state index in [9.17, 15) is 0 Å². The van der Waals surface area contributed by atoms with Crippen LogP contribution in [0, 0.1) is 0 Å². The van der Waals surface area contributed by atoms with E-state index in [0.717, 1.165) is 58.2 Å². The third-order valence-corrected chi connectivity index (χ3v) is 5.69. The maximum Gasteiger partial charge on any atom is 0.191 e. The minimum absolute atomic E-state index is 0. The van der Waals surface area contributed by atoms with Crippen LogP contribution in [0.1, 0.15) is 51.9 Å². The van der Waals surface area contributed by atoms with Crippen LogP contribution < -0.4 is 10.6 Å². The summed E-state index contributed by atoms with van der Waals surface area (Å²) < 4.78 is 5.58. The largest absolute Gasteiger partial charge is 0.379 e. The highest BCUT2D eigenvalue weighted by Crippen LogP contribution is 2.34. The molecule has 0 radical (unpaired) electrons. The molecular formula is C19H35IN4O. The van der Waals surface area contributed by atoms with Crippen LogP contribution in [0.3, 0.4) is 0 Å². The molecule has 0 amide bonds. The number of nitrogens with zero attached hydrogens (tertiary/aromatic N) is 2. The van der Waals surface area contributed by atoms with Crippen LogP contribution in [-0.4, -0.2) is 61.8 Å². The van der Waals surface area contributed by atoms with Crippen LogP contribution in [-0.2, 0) is 4.74 Å². The number of guanidine groups is 1. The Balaban J connectivity index is 0.00000225. The second kappa shape index (κ2) is 10.7. The lowest BCUT2D eigenvalue weighted by Gasteiger charge is -2.47. The van der Waals surface area contributed by atoms with Crippen molar-refractivity contribution in [3.8, 4) is 0 Å². The molecule has 1 heterocycles. The maximum atomic E-state index is 5.58. The fourth-order valence-corrected chi connectivity index (χ4v) is 4.30. The highest BCUT2D eigenvalue weighted by Gasteiger charge is 2.38. The second-order valence-corrected chi connectivity index (χ2v) is 7.36. The zero-order chi connectivity index (χ0) is 16.7. The summed E-state index contributed by atoms with van der Waals surface area (Å²) in [6.07, 6.45) is 13.4. The number of nitrogens with one attached hydrogen (secondary N) is 2. The number of aliphatic imine (C=N–C) groups is 1. The van der Waals surface area contributed by atoms with Gasteiger partial charge in [-0.15, -0.1) is 24.0 Å². The molecule has 2 fully saturated rings. The first-order valence-electron chi connectivity index (χ1n) is 9.85. The van der Waals surface area contributed by atoms with Gasteiger partial charge < -0.3 is 15.4 Å². The third kappa shape index (κ3) is 5.82. The smallest absolute Gasteiger partial charge is 0.191 e. The Morgan fingerprint density at radius 2 is 1.84 bits per heavy atom. The van der Waals surface area contributed by atoms with Gasteiger partial charge in [0.15, 0.2) is 5.96 Å². The quantitative estimate of drug-likeness (QED) is 0.286. The molecule has 0 atom stereocenters. The predicted molar refractivity (Wildman–Crippen MR) is 115 cm³/mol. The average molecular weight is 462 g/mol. The molecule has 1 saturated carbocycles. The van der Waals surface area contributed by atoms with E-state index >= 15 is 0 Å². The minimum atomic E-state index is 0. The van der Waals surface area contributed by atoms with E-state index < -0.39 is 0 Å². The fraction of sp³-hybridized carbons (Fsp3) is 0.842. The van der Waals surface area contributed by atoms with Gasteiger partial charge in [-0.25, -0.2) is 0 Å². The summed E-state index contributed by atoms with van der Waals surface area (Å²) in [4.78, 5) is 7.70. The topological polar surface area (TPSA) is 48.9 Å². The van der Waals surface area contributed by atoms with Crippen LogP contribution in [0.5, 0.6) is 0 Å². The van der Waals surface area contributed by atoms with Crippen molar-refractivity contribution in [3.05, 3.63) is 12.2 Å². The van der Waals surface area contributed by atoms with Gasteiger partial charge in [0.1, 0.15) is 0 Å². The molecule has 2 aliphatic carbocycles. The summed E-state index contributed by atoms with van der Waals surface area (Å²) in [7, 11) is 0. The van der Waals surface area contributed by atoms with Crippen molar-refractivity contribution < 1.29 is 4.74 Å². The second-order valence-electron chi connectivity index (χ2n) is 7.36. The van der Waals surface area contributed by atoms with Crippen LogP contribution >= 0.6 is 24.0 Å². The van der Waals surface area contributed by atoms with Gasteiger partial charge in [-0.2, -0.15) is 0 Å². The van der Waals surface area contributed by atoms with E-state index in [1.54, 1.807) is 0 Å². The highest BCUT2D eigenvalue weighted by molar-refractivity contribution is 14.0. The lowest BCUT2D eigenvalue weighted by atomic mass is 9.80. The molecule has 3 aliphatic rings. The molecular weight excluding hydrogens is 427 g/mol. The zero-order valence-electron chi connectivity index (χ0n) is 15.6. The Bertz CT molecular complexity index is 435. The Morgan fingerprint density at radius 1 is 1.16 bits per heavy atom. The van der Waals surface area contributed by atoms with Crippen molar-refractivity contribution in [2.24, 2.45) is 4.99 Å². The van der Waals surface area contributed by atoms with Gasteiger partial charge >= 0.3 is 0 Å². The average Bonchev–Trinajstić information content (AvgIpc) is 3.15. The van der Waals surface area contributed by atoms with Crippen LogP contribution in [0.15, 0.2) is 17.1 Å². The Labute approximate surface area is 170 Å². The van der Waals surface area contributed by atoms with Crippen molar-refractivity contribution in [2.45, 2.75) is 63.5 Å². The molecule has 2 N–H and O–H groups in total. The molecule has 0 aromatic rings. The number of hydrogen-bond acceptors (Lipinski definition) is 3. The molecule has 0 unspecified atom stereocenters. The standard InChI is InChI=1S/C19H34N4O.HI/c1-2-20-18(22-17-8-4-5-9-17)21-16-19(10-6-3-7-11-19)23-12-14-24-15-13-23;/h4-5,17H,2-3,6-16H2,1H3,(H2,20,21,22);1H. The monoisotopic (exact) mass is 462 g/mol. The van der Waals surface area contributed by atoms with E-state index in [4.69, 9.17) is 9.73 Å². The summed E-state index contributed by atoms with van der Waals surface area (Å²) in [6, 6.07) is 0.508. The van der Waals surface area contributed by atoms with Crippen molar-refractivity contribution in [2.75, 3.05) is 39.4 Å². The first-order chi connectivity index (χ1) is 11.8. The first kappa shape index (κ1) is 21.0. The van der Waals surface area contributed by atoms with E-state index in [1.165, 1.54) is 32.1 Å². The molecule has 3 rings (SSSR count). The summed E-state index contributed by atoms with van der Waals surface area (Å²) >= 11 is 0. The summed E-state index contributed by atoms with van der Waals surface area (Å²) in [5, 5.41) is 7.05. The summed E-state index contributed by atoms with van der Waals surface area (Å²) in [5.74, 6) is 0.990. The van der Waals surface area contributed by atoms with Crippen molar-refractivity contribution in [1.82, 2.24) is 15.5 Å². The lowest BCUT2D eigenvalue weighted by Crippen LogP contribution is -2.56. The third-order valence-electron chi connectivity index (χ3n) is 5.69. The zero-order valence-corrected chi connectivity index (χ0v) is 18.0. The van der Waals surface area contributed by atoms with Gasteiger partial charge in [0.25, 0.3) is 0 Å². The Kier molecular flexibility index (Phi) is 8.99. The molecule has 0 aromatic carbocycles. The summed E-state index contributed by atoms with van der Waals surface area (Å²) in [5.41, 5.74) is 0.248.